The first-order valence-electron chi connectivity index (χ1n) is 15.6. The van der Waals surface area contributed by atoms with E-state index in [1.165, 1.54) is 11.3 Å². The Morgan fingerprint density at radius 1 is 0.935 bits per heavy atom. The van der Waals surface area contributed by atoms with Gasteiger partial charge in [0.2, 0.25) is 0 Å². The third-order valence-electron chi connectivity index (χ3n) is 7.87. The lowest BCUT2D eigenvalue weighted by atomic mass is 9.93. The number of carbonyl (C=O) groups excluding carboxylic acids is 1. The van der Waals surface area contributed by atoms with Crippen molar-refractivity contribution in [2.45, 2.75) is 46.7 Å². The predicted molar refractivity (Wildman–Crippen MR) is 182 cm³/mol. The van der Waals surface area contributed by atoms with Crippen molar-refractivity contribution in [2.75, 3.05) is 19.8 Å². The summed E-state index contributed by atoms with van der Waals surface area (Å²) in [6.45, 7) is 10.9. The fraction of sp³-hybridized carbons (Fsp3) is 0.270. The maximum atomic E-state index is 14.5. The first-order valence-corrected chi connectivity index (χ1v) is 16.4. The molecule has 0 saturated heterocycles. The molecule has 1 aliphatic rings. The van der Waals surface area contributed by atoms with Gasteiger partial charge >= 0.3 is 5.97 Å². The van der Waals surface area contributed by atoms with Crippen LogP contribution in [-0.2, 0) is 9.53 Å². The van der Waals surface area contributed by atoms with Crippen molar-refractivity contribution in [3.05, 3.63) is 121 Å². The Bertz CT molecular complexity index is 2120. The number of rotatable bonds is 10. The molecule has 0 radical (unpaired) electrons. The molecule has 46 heavy (non-hydrogen) atoms. The van der Waals surface area contributed by atoms with E-state index in [4.69, 9.17) is 19.2 Å². The number of ether oxygens (including phenoxy) is 3. The minimum Gasteiger partial charge on any atom is -0.490 e. The van der Waals surface area contributed by atoms with Crippen LogP contribution in [0, 0.1) is 0 Å². The van der Waals surface area contributed by atoms with Gasteiger partial charge in [-0.15, -0.1) is 0 Å². The van der Waals surface area contributed by atoms with E-state index in [1.54, 1.807) is 11.5 Å². The van der Waals surface area contributed by atoms with Gasteiger partial charge in [0.05, 0.1) is 41.7 Å². The van der Waals surface area contributed by atoms with Crippen LogP contribution in [0.15, 0.2) is 94.4 Å². The Morgan fingerprint density at radius 3 is 2.37 bits per heavy atom. The summed E-state index contributed by atoms with van der Waals surface area (Å²) in [7, 11) is 0. The van der Waals surface area contributed by atoms with Crippen molar-refractivity contribution < 1.29 is 19.0 Å². The molecule has 236 valence electrons. The van der Waals surface area contributed by atoms with Crippen LogP contribution >= 0.6 is 11.3 Å². The van der Waals surface area contributed by atoms with Crippen molar-refractivity contribution >= 4 is 40.0 Å². The predicted octanol–water partition coefficient (Wildman–Crippen LogP) is 6.27. The smallest absolute Gasteiger partial charge is 0.338 e. The SMILES string of the molecule is CCOC(=O)C1=C(c2ccccc2)N=c2s/c(=C/c3cn(C(C)C)c4ccccc34)c(=O)n2[C@H]1c1ccc(OCC)c(OCC)c1. The Labute approximate surface area is 271 Å². The lowest BCUT2D eigenvalue weighted by molar-refractivity contribution is -0.138. The van der Waals surface area contributed by atoms with Crippen molar-refractivity contribution in [1.29, 1.82) is 0 Å². The second-order valence-corrected chi connectivity index (χ2v) is 12.1. The molecule has 1 atom stereocenters. The Balaban J connectivity index is 1.65. The van der Waals surface area contributed by atoms with E-state index in [0.29, 0.717) is 45.3 Å². The topological polar surface area (TPSA) is 84.1 Å². The highest BCUT2D eigenvalue weighted by Crippen LogP contribution is 2.39. The average molecular weight is 636 g/mol. The third kappa shape index (κ3) is 5.67. The second kappa shape index (κ2) is 13.2. The van der Waals surface area contributed by atoms with Gasteiger partial charge in [0.15, 0.2) is 16.3 Å². The summed E-state index contributed by atoms with van der Waals surface area (Å²) in [4.78, 5) is 33.8. The normalized spacial score (nSPS) is 14.8. The standard InChI is InChI=1S/C37H37N3O5S/c1-6-43-29-19-18-25(20-30(29)44-7-2)34-32(36(42)45-8-3)33(24-14-10-9-11-15-24)38-37-40(34)35(41)31(46-37)21-26-22-39(23(4)5)28-17-13-12-16-27(26)28/h9-23,34H,6-8H2,1-5H3/b31-21+/t34-/m0/s1. The van der Waals surface area contributed by atoms with Gasteiger partial charge in [-0.05, 0) is 64.5 Å². The van der Waals surface area contributed by atoms with Gasteiger partial charge in [-0.3, -0.25) is 9.36 Å². The van der Waals surface area contributed by atoms with Crippen molar-refractivity contribution in [2.24, 2.45) is 4.99 Å². The van der Waals surface area contributed by atoms with Crippen molar-refractivity contribution in [3.8, 4) is 11.5 Å². The van der Waals surface area contributed by atoms with Crippen LogP contribution in [0.5, 0.6) is 11.5 Å². The summed E-state index contributed by atoms with van der Waals surface area (Å²) >= 11 is 1.31. The molecule has 0 unspecified atom stereocenters. The van der Waals surface area contributed by atoms with Crippen LogP contribution in [0.1, 0.15) is 63.4 Å². The van der Waals surface area contributed by atoms with Crippen molar-refractivity contribution in [1.82, 2.24) is 9.13 Å². The lowest BCUT2D eigenvalue weighted by Crippen LogP contribution is -2.40. The largest absolute Gasteiger partial charge is 0.490 e. The molecule has 9 heteroatoms. The van der Waals surface area contributed by atoms with Gasteiger partial charge in [-0.25, -0.2) is 9.79 Å². The Kier molecular flexibility index (Phi) is 8.94. The van der Waals surface area contributed by atoms with Gasteiger partial charge in [-0.2, -0.15) is 0 Å². The molecule has 0 aliphatic carbocycles. The quantitative estimate of drug-likeness (QED) is 0.169. The number of para-hydroxylation sites is 1. The molecule has 0 bridgehead atoms. The first-order chi connectivity index (χ1) is 22.4. The molecule has 8 nitrogen and oxygen atoms in total. The maximum Gasteiger partial charge on any atom is 0.338 e. The molecule has 3 heterocycles. The van der Waals surface area contributed by atoms with E-state index in [-0.39, 0.29) is 23.8 Å². The number of carbonyl (C=O) groups is 1. The Hall–Kier alpha value is -4.89. The number of benzene rings is 3. The highest BCUT2D eigenvalue weighted by atomic mass is 32.1. The van der Waals surface area contributed by atoms with Crippen LogP contribution in [0.4, 0.5) is 0 Å². The molecule has 6 rings (SSSR count). The fourth-order valence-electron chi connectivity index (χ4n) is 5.91. The summed E-state index contributed by atoms with van der Waals surface area (Å²) < 4.78 is 21.8. The highest BCUT2D eigenvalue weighted by Gasteiger charge is 2.35. The van der Waals surface area contributed by atoms with E-state index in [2.05, 4.69) is 36.7 Å². The molecule has 2 aromatic heterocycles. The van der Waals surface area contributed by atoms with Crippen LogP contribution < -0.4 is 24.4 Å². The molecule has 3 aromatic carbocycles. The van der Waals surface area contributed by atoms with Crippen LogP contribution in [0.2, 0.25) is 0 Å². The summed E-state index contributed by atoms with van der Waals surface area (Å²) in [5.41, 5.74) is 4.00. The van der Waals surface area contributed by atoms with Gasteiger partial charge in [0.25, 0.3) is 5.56 Å². The van der Waals surface area contributed by atoms with E-state index >= 15 is 0 Å². The maximum absolute atomic E-state index is 14.5. The second-order valence-electron chi connectivity index (χ2n) is 11.1. The minimum absolute atomic E-state index is 0.176. The first kappa shape index (κ1) is 31.1. The number of hydrogen-bond donors (Lipinski definition) is 0. The lowest BCUT2D eigenvalue weighted by Gasteiger charge is -2.26. The van der Waals surface area contributed by atoms with E-state index in [1.807, 2.05) is 80.6 Å². The summed E-state index contributed by atoms with van der Waals surface area (Å²) in [6, 6.07) is 22.7. The summed E-state index contributed by atoms with van der Waals surface area (Å²) in [5, 5.41) is 1.06. The Morgan fingerprint density at radius 2 is 1.65 bits per heavy atom. The monoisotopic (exact) mass is 635 g/mol. The zero-order chi connectivity index (χ0) is 32.4. The van der Waals surface area contributed by atoms with E-state index in [0.717, 1.165) is 22.0 Å². The molecule has 0 spiro atoms. The van der Waals surface area contributed by atoms with Gasteiger partial charge in [0, 0.05) is 34.3 Å². The molecule has 0 N–H and O–H groups in total. The number of nitrogens with zero attached hydrogens (tertiary/aromatic N) is 3. The number of esters is 1. The zero-order valence-electron chi connectivity index (χ0n) is 26.7. The number of aromatic nitrogens is 2. The van der Waals surface area contributed by atoms with Crippen LogP contribution in [0.25, 0.3) is 22.7 Å². The number of fused-ring (bicyclic) bond motifs is 2. The number of thiazole rings is 1. The molecule has 0 amide bonds. The highest BCUT2D eigenvalue weighted by molar-refractivity contribution is 7.07. The molecule has 1 aliphatic heterocycles. The van der Waals surface area contributed by atoms with Gasteiger partial charge in [-0.1, -0.05) is 65.9 Å². The number of hydrogen-bond acceptors (Lipinski definition) is 7. The van der Waals surface area contributed by atoms with Crippen molar-refractivity contribution in [3.63, 3.8) is 0 Å². The molecule has 5 aromatic rings. The third-order valence-corrected chi connectivity index (χ3v) is 8.85. The van der Waals surface area contributed by atoms with E-state index in [9.17, 15) is 9.59 Å². The van der Waals surface area contributed by atoms with E-state index < -0.39 is 12.0 Å². The molecule has 0 fully saturated rings. The van der Waals surface area contributed by atoms with Crippen LogP contribution in [-0.4, -0.2) is 34.9 Å². The zero-order valence-corrected chi connectivity index (χ0v) is 27.5. The molecular weight excluding hydrogens is 598 g/mol. The summed E-state index contributed by atoms with van der Waals surface area (Å²) in [5.74, 6) is 0.593. The summed E-state index contributed by atoms with van der Waals surface area (Å²) in [6.07, 6.45) is 4.02. The minimum atomic E-state index is -0.820. The fourth-order valence-corrected chi connectivity index (χ4v) is 6.90. The van der Waals surface area contributed by atoms with Gasteiger partial charge < -0.3 is 18.8 Å². The van der Waals surface area contributed by atoms with Gasteiger partial charge in [0.1, 0.15) is 0 Å². The van der Waals surface area contributed by atoms with Crippen LogP contribution in [0.3, 0.4) is 0 Å². The molecule has 0 saturated carbocycles. The average Bonchev–Trinajstić information content (AvgIpc) is 3.59. The molecular formula is C37H37N3O5S.